The molecular formula is C22H21Cl2F3N6O2. The number of aromatic nitrogens is 4. The second kappa shape index (κ2) is 11.5. The van der Waals surface area contributed by atoms with Gasteiger partial charge in [-0.25, -0.2) is 4.68 Å². The molecule has 0 aliphatic carbocycles. The largest absolute Gasteiger partial charge is 0.417 e. The molecule has 0 radical (unpaired) electrons. The molecule has 0 unspecified atom stereocenters. The predicted octanol–water partition coefficient (Wildman–Crippen LogP) is 5.71. The van der Waals surface area contributed by atoms with Crippen LogP contribution in [0.5, 0.6) is 0 Å². The molecule has 3 aromatic heterocycles. The number of amides is 1. The van der Waals surface area contributed by atoms with Gasteiger partial charge in [-0.05, 0) is 38.5 Å². The molecule has 0 N–H and O–H groups in total. The van der Waals surface area contributed by atoms with Crippen LogP contribution in [0.1, 0.15) is 37.9 Å². The van der Waals surface area contributed by atoms with Gasteiger partial charge in [0.2, 0.25) is 5.91 Å². The van der Waals surface area contributed by atoms with Crippen molar-refractivity contribution >= 4 is 40.5 Å². The Bertz CT molecular complexity index is 1200. The van der Waals surface area contributed by atoms with Gasteiger partial charge in [-0.2, -0.15) is 18.3 Å². The van der Waals surface area contributed by atoms with Crippen molar-refractivity contribution < 1.29 is 22.8 Å². The minimum atomic E-state index is -4.54. The molecule has 0 atom stereocenters. The average Bonchev–Trinajstić information content (AvgIpc) is 3.20. The highest BCUT2D eigenvalue weighted by molar-refractivity contribution is 6.32. The first-order chi connectivity index (χ1) is 16.6. The highest BCUT2D eigenvalue weighted by Gasteiger charge is 2.31. The monoisotopic (exact) mass is 528 g/mol. The predicted molar refractivity (Wildman–Crippen MR) is 126 cm³/mol. The summed E-state index contributed by atoms with van der Waals surface area (Å²) in [6.45, 7) is 3.65. The van der Waals surface area contributed by atoms with E-state index in [1.807, 2.05) is 13.0 Å². The van der Waals surface area contributed by atoms with Crippen LogP contribution in [-0.2, 0) is 22.4 Å². The molecule has 13 heteroatoms. The lowest BCUT2D eigenvalue weighted by atomic mass is 10.2. The first kappa shape index (κ1) is 26.4. The quantitative estimate of drug-likeness (QED) is 0.262. The number of nitrogens with zero attached hydrogens (tertiary/aromatic N) is 6. The van der Waals surface area contributed by atoms with Crippen molar-refractivity contribution in [3.8, 4) is 5.69 Å². The Morgan fingerprint density at radius 1 is 1.26 bits per heavy atom. The third kappa shape index (κ3) is 6.92. The summed E-state index contributed by atoms with van der Waals surface area (Å²) in [6, 6.07) is 4.36. The number of pyridine rings is 2. The van der Waals surface area contributed by atoms with Crippen molar-refractivity contribution in [1.29, 1.82) is 0 Å². The number of hydrogen-bond acceptors (Lipinski definition) is 6. The third-order valence-corrected chi connectivity index (χ3v) is 5.43. The molecule has 0 bridgehead atoms. The van der Waals surface area contributed by atoms with E-state index >= 15 is 0 Å². The van der Waals surface area contributed by atoms with Crippen LogP contribution in [0.25, 0.3) is 5.69 Å². The number of alkyl halides is 3. The summed E-state index contributed by atoms with van der Waals surface area (Å²) in [5.74, 6) is -0.192. The summed E-state index contributed by atoms with van der Waals surface area (Å²) in [5, 5.41) is 8.15. The lowest BCUT2D eigenvalue weighted by molar-refractivity contribution is -0.137. The molecular weight excluding hydrogens is 508 g/mol. The standard InChI is InChI=1S/C22H21Cl2F3N6O2/c1-3-32(19-12-33(30-21(19)24)16-5-4-8-28-11-16)20(34)7-6-14(2)31-35-13-18-17(23)9-15(10-29-18)22(25,26)27/h4-5,8-12H,3,6-7,13H2,1-2H3. The SMILES string of the molecule is CCN(C(=O)CCC(C)=NOCc1ncc(C(F)(F)F)cc1Cl)c1cn(-c2cccnc2)nc1Cl. The fourth-order valence-corrected chi connectivity index (χ4v) is 3.48. The minimum absolute atomic E-state index is 0.115. The molecule has 0 aromatic carbocycles. The van der Waals surface area contributed by atoms with Gasteiger partial charge in [0.05, 0.1) is 40.1 Å². The van der Waals surface area contributed by atoms with Gasteiger partial charge < -0.3 is 9.74 Å². The van der Waals surface area contributed by atoms with Crippen molar-refractivity contribution in [1.82, 2.24) is 19.7 Å². The van der Waals surface area contributed by atoms with Crippen LogP contribution in [0.2, 0.25) is 10.2 Å². The van der Waals surface area contributed by atoms with Crippen molar-refractivity contribution in [2.24, 2.45) is 5.16 Å². The molecule has 0 saturated carbocycles. The zero-order chi connectivity index (χ0) is 25.6. The van der Waals surface area contributed by atoms with Crippen LogP contribution in [0, 0.1) is 0 Å². The lowest BCUT2D eigenvalue weighted by Gasteiger charge is -2.19. The Morgan fingerprint density at radius 3 is 2.66 bits per heavy atom. The van der Waals surface area contributed by atoms with Crippen molar-refractivity contribution in [2.75, 3.05) is 11.4 Å². The molecule has 3 heterocycles. The fraction of sp³-hybridized carbons (Fsp3) is 0.318. The molecule has 35 heavy (non-hydrogen) atoms. The normalized spacial score (nSPS) is 12.0. The number of carbonyl (C=O) groups is 1. The highest BCUT2D eigenvalue weighted by Crippen LogP contribution is 2.31. The fourth-order valence-electron chi connectivity index (χ4n) is 3.03. The van der Waals surface area contributed by atoms with E-state index < -0.39 is 11.7 Å². The van der Waals surface area contributed by atoms with Gasteiger partial charge in [0.1, 0.15) is 5.69 Å². The van der Waals surface area contributed by atoms with Gasteiger partial charge >= 0.3 is 6.18 Å². The van der Waals surface area contributed by atoms with E-state index in [1.54, 1.807) is 36.3 Å². The van der Waals surface area contributed by atoms with Crippen LogP contribution in [0.4, 0.5) is 18.9 Å². The number of hydrogen-bond donors (Lipinski definition) is 0. The van der Waals surface area contributed by atoms with Crippen molar-refractivity contribution in [2.45, 2.75) is 39.5 Å². The Morgan fingerprint density at radius 2 is 2.03 bits per heavy atom. The Kier molecular flexibility index (Phi) is 8.68. The van der Waals surface area contributed by atoms with Crippen LogP contribution >= 0.6 is 23.2 Å². The zero-order valence-electron chi connectivity index (χ0n) is 18.8. The summed E-state index contributed by atoms with van der Waals surface area (Å²) in [6.07, 6.45) is 1.48. The summed E-state index contributed by atoms with van der Waals surface area (Å²) < 4.78 is 39.6. The Hall–Kier alpha value is -3.18. The van der Waals surface area contributed by atoms with E-state index in [1.165, 1.54) is 4.90 Å². The summed E-state index contributed by atoms with van der Waals surface area (Å²) in [5.41, 5.74) is 0.846. The van der Waals surface area contributed by atoms with Gasteiger partial charge in [-0.15, -0.1) is 0 Å². The van der Waals surface area contributed by atoms with Crippen LogP contribution < -0.4 is 4.90 Å². The van der Waals surface area contributed by atoms with E-state index in [9.17, 15) is 18.0 Å². The Labute approximate surface area is 209 Å². The summed E-state index contributed by atoms with van der Waals surface area (Å²) >= 11 is 12.1. The second-order valence-electron chi connectivity index (χ2n) is 7.35. The maximum absolute atomic E-state index is 12.8. The molecule has 0 aliphatic rings. The first-order valence-electron chi connectivity index (χ1n) is 10.4. The van der Waals surface area contributed by atoms with Gasteiger partial charge in [-0.1, -0.05) is 28.4 Å². The summed E-state index contributed by atoms with van der Waals surface area (Å²) in [4.78, 5) is 27.2. The minimum Gasteiger partial charge on any atom is -0.389 e. The molecule has 0 aliphatic heterocycles. The number of halogens is 5. The van der Waals surface area contributed by atoms with E-state index in [0.717, 1.165) is 6.07 Å². The summed E-state index contributed by atoms with van der Waals surface area (Å²) in [7, 11) is 0. The number of carbonyl (C=O) groups excluding carboxylic acids is 1. The van der Waals surface area contributed by atoms with Crippen LogP contribution in [0.3, 0.4) is 0 Å². The van der Waals surface area contributed by atoms with Crippen LogP contribution in [0.15, 0.2) is 48.1 Å². The van der Waals surface area contributed by atoms with E-state index in [0.29, 0.717) is 29.8 Å². The van der Waals surface area contributed by atoms with E-state index in [-0.39, 0.29) is 41.2 Å². The lowest BCUT2D eigenvalue weighted by Crippen LogP contribution is -2.30. The molecule has 3 rings (SSSR count). The van der Waals surface area contributed by atoms with Gasteiger partial charge in [0, 0.05) is 25.4 Å². The van der Waals surface area contributed by atoms with Crippen molar-refractivity contribution in [3.63, 3.8) is 0 Å². The van der Waals surface area contributed by atoms with Gasteiger partial charge in [-0.3, -0.25) is 14.8 Å². The molecule has 0 saturated heterocycles. The average molecular weight is 529 g/mol. The molecule has 1 amide bonds. The zero-order valence-corrected chi connectivity index (χ0v) is 20.3. The molecule has 3 aromatic rings. The Balaban J connectivity index is 1.57. The van der Waals surface area contributed by atoms with E-state index in [2.05, 4.69) is 20.2 Å². The molecule has 0 spiro atoms. The van der Waals surface area contributed by atoms with Gasteiger partial charge in [0.15, 0.2) is 11.8 Å². The van der Waals surface area contributed by atoms with Gasteiger partial charge in [0.25, 0.3) is 0 Å². The topological polar surface area (TPSA) is 85.5 Å². The smallest absolute Gasteiger partial charge is 0.389 e. The maximum Gasteiger partial charge on any atom is 0.417 e. The molecule has 8 nitrogen and oxygen atoms in total. The maximum atomic E-state index is 12.8. The number of rotatable bonds is 9. The number of anilines is 1. The highest BCUT2D eigenvalue weighted by atomic mass is 35.5. The molecule has 186 valence electrons. The number of oxime groups is 1. The third-order valence-electron chi connectivity index (χ3n) is 4.84. The van der Waals surface area contributed by atoms with E-state index in [4.69, 9.17) is 28.0 Å². The second-order valence-corrected chi connectivity index (χ2v) is 8.11. The first-order valence-corrected chi connectivity index (χ1v) is 11.2. The van der Waals surface area contributed by atoms with Crippen molar-refractivity contribution in [3.05, 3.63) is 64.4 Å². The molecule has 0 fully saturated rings. The van der Waals surface area contributed by atoms with Crippen LogP contribution in [-0.4, -0.2) is 37.9 Å².